The molecule has 8 heteroatoms. The summed E-state index contributed by atoms with van der Waals surface area (Å²) < 4.78 is 34.6. The molecular weight excluding hydrogens is 408 g/mol. The van der Waals surface area contributed by atoms with Gasteiger partial charge in [-0.1, -0.05) is 22.0 Å². The van der Waals surface area contributed by atoms with E-state index in [4.69, 9.17) is 4.74 Å². The Kier molecular flexibility index (Phi) is 5.61. The number of benzene rings is 1. The number of halogens is 1. The third kappa shape index (κ3) is 4.31. The first kappa shape index (κ1) is 18.2. The van der Waals surface area contributed by atoms with Crippen LogP contribution in [0.25, 0.3) is 0 Å². The van der Waals surface area contributed by atoms with Gasteiger partial charge in [-0.2, -0.15) is 4.31 Å². The summed E-state index contributed by atoms with van der Waals surface area (Å²) >= 11 is 3.37. The normalized spacial score (nSPS) is 15.4. The fraction of sp³-hybridized carbons (Fsp3) is 0.353. The van der Waals surface area contributed by atoms with Crippen LogP contribution in [-0.4, -0.2) is 37.0 Å². The smallest absolute Gasteiger partial charge is 0.250 e. The lowest BCUT2D eigenvalue weighted by molar-refractivity contribution is 0.295. The molecule has 2 aromatic rings. The van der Waals surface area contributed by atoms with Gasteiger partial charge >= 0.3 is 0 Å². The highest BCUT2D eigenvalue weighted by atomic mass is 79.9. The molecule has 1 saturated heterocycles. The summed E-state index contributed by atoms with van der Waals surface area (Å²) in [6.45, 7) is 1.61. The number of aromatic nitrogens is 1. The summed E-state index contributed by atoms with van der Waals surface area (Å²) in [6, 6.07) is 10.1. The lowest BCUT2D eigenvalue weighted by Crippen LogP contribution is -2.30. The molecule has 0 N–H and O–H groups in total. The average Bonchev–Trinajstić information content (AvgIpc) is 3.12. The van der Waals surface area contributed by atoms with Gasteiger partial charge in [0.05, 0.1) is 11.4 Å². The van der Waals surface area contributed by atoms with Crippen molar-refractivity contribution in [1.29, 1.82) is 0 Å². The third-order valence-electron chi connectivity index (χ3n) is 4.06. The van der Waals surface area contributed by atoms with Crippen molar-refractivity contribution >= 4 is 26.0 Å². The van der Waals surface area contributed by atoms with Crippen LogP contribution in [0.15, 0.2) is 56.8 Å². The van der Waals surface area contributed by atoms with E-state index in [0.717, 1.165) is 17.3 Å². The Morgan fingerprint density at radius 3 is 2.60 bits per heavy atom. The fourth-order valence-electron chi connectivity index (χ4n) is 2.73. The second-order valence-electron chi connectivity index (χ2n) is 5.81. The summed E-state index contributed by atoms with van der Waals surface area (Å²) in [5.74, 6) is 0.684. The molecule has 1 aliphatic rings. The van der Waals surface area contributed by atoms with Crippen molar-refractivity contribution in [2.75, 3.05) is 19.7 Å². The molecule has 6 nitrogen and oxygen atoms in total. The molecule has 25 heavy (non-hydrogen) atoms. The number of pyridine rings is 1. The number of hydrogen-bond donors (Lipinski definition) is 0. The SMILES string of the molecule is O=c1ccc(S(=O)(=O)N2CCCC2)cn1CCOc1cccc(Br)c1. The molecule has 3 rings (SSSR count). The molecule has 1 aromatic carbocycles. The van der Waals surface area contributed by atoms with Crippen molar-refractivity contribution in [3.05, 3.63) is 57.4 Å². The first-order valence-electron chi connectivity index (χ1n) is 8.06. The summed E-state index contributed by atoms with van der Waals surface area (Å²) in [5.41, 5.74) is -0.252. The second-order valence-corrected chi connectivity index (χ2v) is 8.67. The summed E-state index contributed by atoms with van der Waals surface area (Å²) in [4.78, 5) is 12.2. The fourth-order valence-corrected chi connectivity index (χ4v) is 4.65. The zero-order valence-electron chi connectivity index (χ0n) is 13.6. The van der Waals surface area contributed by atoms with Crippen molar-refractivity contribution in [3.8, 4) is 5.75 Å². The quantitative estimate of drug-likeness (QED) is 0.711. The number of rotatable bonds is 6. The standard InChI is InChI=1S/C17H19BrN2O4S/c18-14-4-3-5-15(12-14)24-11-10-19-13-16(6-7-17(19)21)25(22,23)20-8-1-2-9-20/h3-7,12-13H,1-2,8-11H2. The van der Waals surface area contributed by atoms with E-state index in [2.05, 4.69) is 15.9 Å². The highest BCUT2D eigenvalue weighted by Crippen LogP contribution is 2.20. The Balaban J connectivity index is 1.72. The lowest BCUT2D eigenvalue weighted by atomic mass is 10.3. The maximum atomic E-state index is 12.6. The van der Waals surface area contributed by atoms with Gasteiger partial charge in [0.25, 0.3) is 5.56 Å². The number of ether oxygens (including phenoxy) is 1. The monoisotopic (exact) mass is 426 g/mol. The highest BCUT2D eigenvalue weighted by molar-refractivity contribution is 9.10. The Morgan fingerprint density at radius 2 is 1.88 bits per heavy atom. The molecule has 0 atom stereocenters. The number of sulfonamides is 1. The Morgan fingerprint density at radius 1 is 1.12 bits per heavy atom. The van der Waals surface area contributed by atoms with Crippen molar-refractivity contribution in [2.24, 2.45) is 0 Å². The van der Waals surface area contributed by atoms with Crippen molar-refractivity contribution in [3.63, 3.8) is 0 Å². The Bertz CT molecular complexity index is 905. The first-order chi connectivity index (χ1) is 12.0. The van der Waals surface area contributed by atoms with E-state index in [9.17, 15) is 13.2 Å². The lowest BCUT2D eigenvalue weighted by Gasteiger charge is -2.16. The summed E-state index contributed by atoms with van der Waals surface area (Å²) in [6.07, 6.45) is 3.15. The minimum atomic E-state index is -3.53. The highest BCUT2D eigenvalue weighted by Gasteiger charge is 2.27. The molecule has 0 amide bonds. The molecule has 0 unspecified atom stereocenters. The van der Waals surface area contributed by atoms with Gasteiger partial charge < -0.3 is 9.30 Å². The molecule has 0 saturated carbocycles. The van der Waals surface area contributed by atoms with Crippen LogP contribution in [0.3, 0.4) is 0 Å². The minimum absolute atomic E-state index is 0.149. The Hall–Kier alpha value is -1.64. The second kappa shape index (κ2) is 7.72. The molecule has 0 spiro atoms. The van der Waals surface area contributed by atoms with Gasteiger partial charge in [0.15, 0.2) is 0 Å². The van der Waals surface area contributed by atoms with Gasteiger partial charge in [0.1, 0.15) is 12.4 Å². The van der Waals surface area contributed by atoms with Crippen LogP contribution in [0, 0.1) is 0 Å². The summed E-state index contributed by atoms with van der Waals surface area (Å²) in [5, 5.41) is 0. The number of nitrogens with zero attached hydrogens (tertiary/aromatic N) is 2. The van der Waals surface area contributed by atoms with E-state index in [0.29, 0.717) is 18.8 Å². The molecule has 0 bridgehead atoms. The molecule has 1 fully saturated rings. The van der Waals surface area contributed by atoms with E-state index in [1.54, 1.807) is 0 Å². The van der Waals surface area contributed by atoms with Crippen LogP contribution in [0.4, 0.5) is 0 Å². The molecule has 0 aliphatic carbocycles. The van der Waals surface area contributed by atoms with Gasteiger partial charge in [-0.05, 0) is 37.1 Å². The largest absolute Gasteiger partial charge is 0.492 e. The van der Waals surface area contributed by atoms with Crippen LogP contribution < -0.4 is 10.3 Å². The molecule has 134 valence electrons. The van der Waals surface area contributed by atoms with Crippen LogP contribution >= 0.6 is 15.9 Å². The average molecular weight is 427 g/mol. The van der Waals surface area contributed by atoms with Crippen molar-refractivity contribution in [1.82, 2.24) is 8.87 Å². The van der Waals surface area contributed by atoms with Gasteiger partial charge in [-0.15, -0.1) is 0 Å². The third-order valence-corrected chi connectivity index (χ3v) is 6.43. The van der Waals surface area contributed by atoms with E-state index in [1.807, 2.05) is 24.3 Å². The predicted molar refractivity (Wildman–Crippen MR) is 98.3 cm³/mol. The molecule has 2 heterocycles. The van der Waals surface area contributed by atoms with E-state index in [-0.39, 0.29) is 23.6 Å². The zero-order chi connectivity index (χ0) is 17.9. The zero-order valence-corrected chi connectivity index (χ0v) is 16.0. The van der Waals surface area contributed by atoms with E-state index in [1.165, 1.54) is 27.2 Å². The van der Waals surface area contributed by atoms with Crippen LogP contribution in [0.2, 0.25) is 0 Å². The molecule has 1 aliphatic heterocycles. The Labute approximate surface area is 155 Å². The van der Waals surface area contributed by atoms with Gasteiger partial charge in [-0.25, -0.2) is 8.42 Å². The summed E-state index contributed by atoms with van der Waals surface area (Å²) in [7, 11) is -3.53. The first-order valence-corrected chi connectivity index (χ1v) is 10.3. The van der Waals surface area contributed by atoms with Gasteiger partial charge in [0, 0.05) is 29.8 Å². The van der Waals surface area contributed by atoms with Gasteiger partial charge in [-0.3, -0.25) is 4.79 Å². The van der Waals surface area contributed by atoms with E-state index >= 15 is 0 Å². The van der Waals surface area contributed by atoms with Crippen LogP contribution in [0.1, 0.15) is 12.8 Å². The molecule has 0 radical (unpaired) electrons. The molecular formula is C17H19BrN2O4S. The topological polar surface area (TPSA) is 68.6 Å². The molecule has 1 aromatic heterocycles. The van der Waals surface area contributed by atoms with Crippen LogP contribution in [-0.2, 0) is 16.6 Å². The maximum absolute atomic E-state index is 12.6. The predicted octanol–water partition coefficient (Wildman–Crippen LogP) is 2.47. The van der Waals surface area contributed by atoms with Crippen LogP contribution in [0.5, 0.6) is 5.75 Å². The number of hydrogen-bond acceptors (Lipinski definition) is 4. The van der Waals surface area contributed by atoms with Gasteiger partial charge in [0.2, 0.25) is 10.0 Å². The minimum Gasteiger partial charge on any atom is -0.492 e. The van der Waals surface area contributed by atoms with Crippen molar-refractivity contribution in [2.45, 2.75) is 24.3 Å². The van der Waals surface area contributed by atoms with Crippen molar-refractivity contribution < 1.29 is 13.2 Å². The maximum Gasteiger partial charge on any atom is 0.250 e. The van der Waals surface area contributed by atoms with E-state index < -0.39 is 10.0 Å².